The number of hydrogen-bond donors (Lipinski definition) is 2. The molecule has 1 unspecified atom stereocenters. The number of unbranched alkanes of at least 4 members (excludes halogenated alkanes) is 2. The number of hydrogen-bond acceptors (Lipinski definition) is 2. The van der Waals surface area contributed by atoms with E-state index in [9.17, 15) is 9.90 Å². The Morgan fingerprint density at radius 2 is 2.00 bits per heavy atom. The fraction of sp³-hybridized carbons (Fsp3) is 0.533. The number of amides is 1. The lowest BCUT2D eigenvalue weighted by atomic mass is 10.0. The van der Waals surface area contributed by atoms with Crippen LogP contribution < -0.4 is 5.32 Å². The number of rotatable bonds is 6. The number of carbonyl (C=O) groups is 1. The second kappa shape index (κ2) is 7.17. The average molecular weight is 249 g/mol. The van der Waals surface area contributed by atoms with Gasteiger partial charge in [-0.2, -0.15) is 0 Å². The van der Waals surface area contributed by atoms with Gasteiger partial charge >= 0.3 is 0 Å². The zero-order chi connectivity index (χ0) is 13.5. The summed E-state index contributed by atoms with van der Waals surface area (Å²) in [6.45, 7) is 6.74. The van der Waals surface area contributed by atoms with Crippen LogP contribution in [0.2, 0.25) is 0 Å². The van der Waals surface area contributed by atoms with E-state index < -0.39 is 6.10 Å². The number of carbonyl (C=O) groups excluding carboxylic acids is 1. The topological polar surface area (TPSA) is 49.3 Å². The van der Waals surface area contributed by atoms with Gasteiger partial charge in [0.1, 0.15) is 0 Å². The Labute approximate surface area is 109 Å². The highest BCUT2D eigenvalue weighted by Gasteiger charge is 2.16. The highest BCUT2D eigenvalue weighted by molar-refractivity contribution is 5.81. The average Bonchev–Trinajstić information content (AvgIpc) is 2.37. The normalized spacial score (nSPS) is 12.2. The minimum Gasteiger partial charge on any atom is -0.378 e. The minimum atomic E-state index is -1.06. The molecule has 100 valence electrons. The fourth-order valence-corrected chi connectivity index (χ4v) is 1.77. The summed E-state index contributed by atoms with van der Waals surface area (Å²) in [5.74, 6) is -0.311. The number of nitrogens with one attached hydrogen (secondary N) is 1. The quantitative estimate of drug-likeness (QED) is 0.761. The van der Waals surface area contributed by atoms with Gasteiger partial charge in [0, 0.05) is 6.54 Å². The van der Waals surface area contributed by atoms with Gasteiger partial charge in [-0.1, -0.05) is 38.0 Å². The maximum Gasteiger partial charge on any atom is 0.253 e. The van der Waals surface area contributed by atoms with Gasteiger partial charge in [-0.3, -0.25) is 4.79 Å². The smallest absolute Gasteiger partial charge is 0.253 e. The molecular weight excluding hydrogens is 226 g/mol. The molecule has 0 aliphatic rings. The zero-order valence-electron chi connectivity index (χ0n) is 11.5. The highest BCUT2D eigenvalue weighted by Crippen LogP contribution is 2.17. The summed E-state index contributed by atoms with van der Waals surface area (Å²) >= 11 is 0. The number of aryl methyl sites for hydroxylation is 2. The molecule has 0 bridgehead atoms. The molecule has 0 heterocycles. The van der Waals surface area contributed by atoms with Gasteiger partial charge in [0.05, 0.1) is 0 Å². The monoisotopic (exact) mass is 249 g/mol. The van der Waals surface area contributed by atoms with Gasteiger partial charge in [0.2, 0.25) is 0 Å². The summed E-state index contributed by atoms with van der Waals surface area (Å²) < 4.78 is 0. The molecule has 0 radical (unpaired) electrons. The van der Waals surface area contributed by atoms with Crippen molar-refractivity contribution < 1.29 is 9.90 Å². The maximum absolute atomic E-state index is 11.7. The Morgan fingerprint density at radius 3 is 2.61 bits per heavy atom. The molecule has 0 fully saturated rings. The first-order valence-corrected chi connectivity index (χ1v) is 6.59. The fourth-order valence-electron chi connectivity index (χ4n) is 1.77. The van der Waals surface area contributed by atoms with Crippen LogP contribution >= 0.6 is 0 Å². The van der Waals surface area contributed by atoms with E-state index in [0.29, 0.717) is 12.1 Å². The van der Waals surface area contributed by atoms with E-state index in [2.05, 4.69) is 12.2 Å². The first-order valence-electron chi connectivity index (χ1n) is 6.59. The molecule has 0 aliphatic heterocycles. The summed E-state index contributed by atoms with van der Waals surface area (Å²) in [5.41, 5.74) is 2.91. The largest absolute Gasteiger partial charge is 0.378 e. The Hall–Kier alpha value is -1.35. The predicted octanol–water partition coefficient (Wildman–Crippen LogP) is 2.64. The molecule has 0 aromatic heterocycles. The lowest BCUT2D eigenvalue weighted by Gasteiger charge is -2.13. The molecule has 3 heteroatoms. The van der Waals surface area contributed by atoms with Crippen molar-refractivity contribution in [2.24, 2.45) is 0 Å². The van der Waals surface area contributed by atoms with E-state index in [4.69, 9.17) is 0 Å². The number of aliphatic hydroxyl groups excluding tert-OH is 1. The van der Waals surface area contributed by atoms with E-state index in [1.807, 2.05) is 26.0 Å². The van der Waals surface area contributed by atoms with Gasteiger partial charge < -0.3 is 10.4 Å². The molecule has 1 aromatic carbocycles. The Bertz CT molecular complexity index is 401. The zero-order valence-corrected chi connectivity index (χ0v) is 11.5. The van der Waals surface area contributed by atoms with Gasteiger partial charge in [-0.15, -0.1) is 0 Å². The van der Waals surface area contributed by atoms with Gasteiger partial charge in [0.15, 0.2) is 6.10 Å². The van der Waals surface area contributed by atoms with E-state index in [-0.39, 0.29) is 5.91 Å². The van der Waals surface area contributed by atoms with Gasteiger partial charge in [0.25, 0.3) is 5.91 Å². The number of benzene rings is 1. The first kappa shape index (κ1) is 14.7. The predicted molar refractivity (Wildman–Crippen MR) is 73.4 cm³/mol. The Balaban J connectivity index is 2.54. The van der Waals surface area contributed by atoms with Crippen molar-refractivity contribution in [2.75, 3.05) is 6.54 Å². The molecule has 0 saturated heterocycles. The van der Waals surface area contributed by atoms with Gasteiger partial charge in [-0.25, -0.2) is 0 Å². The van der Waals surface area contributed by atoms with Crippen molar-refractivity contribution in [2.45, 2.75) is 46.1 Å². The third kappa shape index (κ3) is 4.15. The first-order chi connectivity index (χ1) is 8.56. The summed E-state index contributed by atoms with van der Waals surface area (Å²) in [6.07, 6.45) is 2.11. The van der Waals surface area contributed by atoms with Crippen molar-refractivity contribution in [1.82, 2.24) is 5.32 Å². The van der Waals surface area contributed by atoms with E-state index in [1.165, 1.54) is 0 Å². The standard InChI is InChI=1S/C15H23NO2/c1-4-5-6-9-16-15(18)14(17)13-8-7-11(2)12(3)10-13/h7-8,10,14,17H,4-6,9H2,1-3H3,(H,16,18). The summed E-state index contributed by atoms with van der Waals surface area (Å²) in [6, 6.07) is 5.60. The number of aliphatic hydroxyl groups is 1. The highest BCUT2D eigenvalue weighted by atomic mass is 16.3. The Morgan fingerprint density at radius 1 is 1.28 bits per heavy atom. The van der Waals surface area contributed by atoms with Crippen molar-refractivity contribution in [3.05, 3.63) is 34.9 Å². The van der Waals surface area contributed by atoms with Crippen molar-refractivity contribution in [3.63, 3.8) is 0 Å². The van der Waals surface area contributed by atoms with Crippen LogP contribution in [0.3, 0.4) is 0 Å². The SMILES string of the molecule is CCCCCNC(=O)C(O)c1ccc(C)c(C)c1. The molecule has 1 atom stereocenters. The maximum atomic E-state index is 11.7. The van der Waals surface area contributed by atoms with Crippen LogP contribution in [0.5, 0.6) is 0 Å². The van der Waals surface area contributed by atoms with Crippen molar-refractivity contribution in [3.8, 4) is 0 Å². The van der Waals surface area contributed by atoms with Crippen LogP contribution in [0.15, 0.2) is 18.2 Å². The summed E-state index contributed by atoms with van der Waals surface area (Å²) in [4.78, 5) is 11.7. The second-order valence-corrected chi connectivity index (χ2v) is 4.74. The molecular formula is C15H23NO2. The lowest BCUT2D eigenvalue weighted by molar-refractivity contribution is -0.129. The molecule has 1 rings (SSSR count). The van der Waals surface area contributed by atoms with E-state index >= 15 is 0 Å². The Kier molecular flexibility index (Phi) is 5.86. The molecule has 2 N–H and O–H groups in total. The molecule has 0 spiro atoms. The van der Waals surface area contributed by atoms with Crippen molar-refractivity contribution >= 4 is 5.91 Å². The molecule has 0 aliphatic carbocycles. The summed E-state index contributed by atoms with van der Waals surface area (Å²) in [7, 11) is 0. The van der Waals surface area contributed by atoms with Crippen LogP contribution in [0.1, 0.15) is 49.0 Å². The third-order valence-corrected chi connectivity index (χ3v) is 3.17. The van der Waals surface area contributed by atoms with E-state index in [0.717, 1.165) is 30.4 Å². The van der Waals surface area contributed by atoms with Gasteiger partial charge in [-0.05, 0) is 37.0 Å². The van der Waals surface area contributed by atoms with Crippen LogP contribution in [0.4, 0.5) is 0 Å². The lowest BCUT2D eigenvalue weighted by Crippen LogP contribution is -2.30. The van der Waals surface area contributed by atoms with E-state index in [1.54, 1.807) is 6.07 Å². The second-order valence-electron chi connectivity index (χ2n) is 4.74. The van der Waals surface area contributed by atoms with Crippen molar-refractivity contribution in [1.29, 1.82) is 0 Å². The molecule has 18 heavy (non-hydrogen) atoms. The third-order valence-electron chi connectivity index (χ3n) is 3.17. The van der Waals surface area contributed by atoms with Crippen LogP contribution in [-0.2, 0) is 4.79 Å². The minimum absolute atomic E-state index is 0.311. The summed E-state index contributed by atoms with van der Waals surface area (Å²) in [5, 5.41) is 12.7. The van der Waals surface area contributed by atoms with Crippen LogP contribution in [0, 0.1) is 13.8 Å². The molecule has 0 saturated carbocycles. The molecule has 1 aromatic rings. The van der Waals surface area contributed by atoms with Crippen LogP contribution in [0.25, 0.3) is 0 Å². The molecule has 1 amide bonds. The molecule has 3 nitrogen and oxygen atoms in total. The van der Waals surface area contributed by atoms with Crippen LogP contribution in [-0.4, -0.2) is 17.6 Å².